The summed E-state index contributed by atoms with van der Waals surface area (Å²) in [5, 5.41) is 0. The van der Waals surface area contributed by atoms with Crippen LogP contribution in [0.1, 0.15) is 70.2 Å². The zero-order chi connectivity index (χ0) is 20.6. The van der Waals surface area contributed by atoms with Gasteiger partial charge in [-0.15, -0.1) is 0 Å². The average Bonchev–Trinajstić information content (AvgIpc) is 3.15. The minimum absolute atomic E-state index is 0.264. The number of benzene rings is 1. The van der Waals surface area contributed by atoms with E-state index in [2.05, 4.69) is 16.6 Å². The van der Waals surface area contributed by atoms with E-state index in [1.165, 1.54) is 0 Å². The van der Waals surface area contributed by atoms with Crippen molar-refractivity contribution in [3.63, 3.8) is 0 Å². The van der Waals surface area contributed by atoms with E-state index in [9.17, 15) is 8.42 Å². The molecule has 0 unspecified atom stereocenters. The zero-order valence-corrected chi connectivity index (χ0v) is 18.3. The summed E-state index contributed by atoms with van der Waals surface area (Å²) in [7, 11) is -3.64. The van der Waals surface area contributed by atoms with Crippen LogP contribution in [-0.4, -0.2) is 26.5 Å². The van der Waals surface area contributed by atoms with Gasteiger partial charge in [0.15, 0.2) is 0 Å². The summed E-state index contributed by atoms with van der Waals surface area (Å²) in [5.41, 5.74) is 1.02. The zero-order valence-electron chi connectivity index (χ0n) is 17.4. The number of unbranched alkanes of at least 4 members (excludes halogenated alkanes) is 3. The molecule has 0 fully saturated rings. The summed E-state index contributed by atoms with van der Waals surface area (Å²) in [6, 6.07) is 6.98. The molecule has 0 saturated carbocycles. The number of aromatic nitrogens is 1. The van der Waals surface area contributed by atoms with Crippen molar-refractivity contribution in [2.24, 2.45) is 0 Å². The van der Waals surface area contributed by atoms with Crippen LogP contribution in [0.15, 0.2) is 39.8 Å². The molecule has 7 heteroatoms. The van der Waals surface area contributed by atoms with E-state index in [1.54, 1.807) is 30.5 Å². The standard InChI is InChI=1S/C21H33N3O3S/c1-5-8-9-10-11-19(20-16-22-21(27-20)24(6-2)7-3)23-28(25,26)18-14-12-17(4)13-15-18/h12-16,19,23H,5-11H2,1-4H3/t19-/m1/s1. The highest BCUT2D eigenvalue weighted by Crippen LogP contribution is 2.26. The van der Waals surface area contributed by atoms with Crippen LogP contribution < -0.4 is 9.62 Å². The Balaban J connectivity index is 2.22. The Bertz CT molecular complexity index is 812. The van der Waals surface area contributed by atoms with Crippen molar-refractivity contribution in [3.8, 4) is 0 Å². The molecule has 0 aliphatic heterocycles. The molecule has 1 aromatic carbocycles. The lowest BCUT2D eigenvalue weighted by molar-refractivity contribution is 0.414. The molecule has 1 atom stereocenters. The minimum Gasteiger partial charge on any atom is -0.427 e. The summed E-state index contributed by atoms with van der Waals surface area (Å²) in [4.78, 5) is 6.63. The average molecular weight is 408 g/mol. The van der Waals surface area contributed by atoms with Crippen LogP contribution in [0, 0.1) is 6.92 Å². The Morgan fingerprint density at radius 3 is 2.36 bits per heavy atom. The predicted molar refractivity (Wildman–Crippen MR) is 113 cm³/mol. The van der Waals surface area contributed by atoms with E-state index < -0.39 is 16.1 Å². The normalized spacial score (nSPS) is 12.9. The molecular formula is C21H33N3O3S. The molecule has 0 spiro atoms. The van der Waals surface area contributed by atoms with Crippen molar-refractivity contribution >= 4 is 16.0 Å². The third-order valence-electron chi connectivity index (χ3n) is 4.86. The van der Waals surface area contributed by atoms with Crippen LogP contribution in [0.4, 0.5) is 6.01 Å². The molecule has 0 amide bonds. The number of anilines is 1. The van der Waals surface area contributed by atoms with Gasteiger partial charge in [-0.05, 0) is 39.3 Å². The number of oxazole rings is 1. The third kappa shape index (κ3) is 6.07. The van der Waals surface area contributed by atoms with Gasteiger partial charge in [-0.2, -0.15) is 0 Å². The second kappa shape index (κ2) is 10.6. The fraction of sp³-hybridized carbons (Fsp3) is 0.571. The lowest BCUT2D eigenvalue weighted by atomic mass is 10.1. The van der Waals surface area contributed by atoms with Gasteiger partial charge >= 0.3 is 0 Å². The van der Waals surface area contributed by atoms with E-state index in [0.29, 0.717) is 18.2 Å². The number of sulfonamides is 1. The predicted octanol–water partition coefficient (Wildman–Crippen LogP) is 4.82. The molecule has 28 heavy (non-hydrogen) atoms. The Hall–Kier alpha value is -1.86. The third-order valence-corrected chi connectivity index (χ3v) is 6.35. The van der Waals surface area contributed by atoms with Gasteiger partial charge in [-0.25, -0.2) is 18.1 Å². The van der Waals surface area contributed by atoms with Crippen LogP contribution in [0.3, 0.4) is 0 Å². The molecule has 0 bridgehead atoms. The summed E-state index contributed by atoms with van der Waals surface area (Å²) in [6.45, 7) is 9.73. The molecule has 0 aliphatic rings. The molecule has 6 nitrogen and oxygen atoms in total. The molecule has 1 heterocycles. The van der Waals surface area contributed by atoms with Gasteiger partial charge in [0, 0.05) is 13.1 Å². The van der Waals surface area contributed by atoms with Crippen molar-refractivity contribution in [2.75, 3.05) is 18.0 Å². The maximum absolute atomic E-state index is 12.9. The smallest absolute Gasteiger partial charge is 0.297 e. The Morgan fingerprint density at radius 2 is 1.75 bits per heavy atom. The van der Waals surface area contributed by atoms with Crippen LogP contribution >= 0.6 is 0 Å². The fourth-order valence-electron chi connectivity index (χ4n) is 3.09. The number of hydrogen-bond donors (Lipinski definition) is 1. The number of rotatable bonds is 12. The molecule has 2 rings (SSSR count). The lowest BCUT2D eigenvalue weighted by Gasteiger charge is -2.18. The Kier molecular flexibility index (Phi) is 8.51. The number of nitrogens with one attached hydrogen (secondary N) is 1. The molecule has 156 valence electrons. The first-order chi connectivity index (χ1) is 13.4. The van der Waals surface area contributed by atoms with Gasteiger partial charge in [0.2, 0.25) is 10.0 Å². The molecule has 1 N–H and O–H groups in total. The van der Waals surface area contributed by atoms with Gasteiger partial charge in [-0.1, -0.05) is 50.3 Å². The van der Waals surface area contributed by atoms with E-state index in [-0.39, 0.29) is 4.90 Å². The van der Waals surface area contributed by atoms with Crippen molar-refractivity contribution in [2.45, 2.75) is 70.7 Å². The van der Waals surface area contributed by atoms with Gasteiger partial charge in [0.05, 0.1) is 17.1 Å². The first kappa shape index (κ1) is 22.4. The first-order valence-corrected chi connectivity index (χ1v) is 11.7. The highest BCUT2D eigenvalue weighted by Gasteiger charge is 2.25. The van der Waals surface area contributed by atoms with Gasteiger partial charge < -0.3 is 9.32 Å². The minimum atomic E-state index is -3.64. The second-order valence-corrected chi connectivity index (χ2v) is 8.77. The maximum Gasteiger partial charge on any atom is 0.297 e. The van der Waals surface area contributed by atoms with Crippen LogP contribution in [-0.2, 0) is 10.0 Å². The van der Waals surface area contributed by atoms with E-state index >= 15 is 0 Å². The van der Waals surface area contributed by atoms with Crippen molar-refractivity contribution in [1.82, 2.24) is 9.71 Å². The Morgan fingerprint density at radius 1 is 1.07 bits per heavy atom. The summed E-state index contributed by atoms with van der Waals surface area (Å²) < 4.78 is 34.5. The topological polar surface area (TPSA) is 75.4 Å². The van der Waals surface area contributed by atoms with Crippen molar-refractivity contribution < 1.29 is 12.8 Å². The molecular weight excluding hydrogens is 374 g/mol. The van der Waals surface area contributed by atoms with Crippen LogP contribution in [0.25, 0.3) is 0 Å². The molecule has 0 radical (unpaired) electrons. The second-order valence-electron chi connectivity index (χ2n) is 7.05. The van der Waals surface area contributed by atoms with E-state index in [1.807, 2.05) is 25.7 Å². The SMILES string of the molecule is CCCCCC[C@@H](NS(=O)(=O)c1ccc(C)cc1)c1cnc(N(CC)CC)o1. The monoisotopic (exact) mass is 407 g/mol. The highest BCUT2D eigenvalue weighted by atomic mass is 32.2. The molecule has 2 aromatic rings. The van der Waals surface area contributed by atoms with Gasteiger partial charge in [0.25, 0.3) is 6.01 Å². The van der Waals surface area contributed by atoms with Gasteiger partial charge in [0.1, 0.15) is 5.76 Å². The van der Waals surface area contributed by atoms with Crippen LogP contribution in [0.5, 0.6) is 0 Å². The fourth-order valence-corrected chi connectivity index (χ4v) is 4.32. The largest absolute Gasteiger partial charge is 0.427 e. The summed E-state index contributed by atoms with van der Waals surface area (Å²) in [5.74, 6) is 0.564. The van der Waals surface area contributed by atoms with E-state index in [0.717, 1.165) is 44.3 Å². The summed E-state index contributed by atoms with van der Waals surface area (Å²) in [6.07, 6.45) is 6.59. The summed E-state index contributed by atoms with van der Waals surface area (Å²) >= 11 is 0. The molecule has 0 saturated heterocycles. The molecule has 0 aliphatic carbocycles. The van der Waals surface area contributed by atoms with E-state index in [4.69, 9.17) is 4.42 Å². The number of nitrogens with zero attached hydrogens (tertiary/aromatic N) is 2. The highest BCUT2D eigenvalue weighted by molar-refractivity contribution is 7.89. The van der Waals surface area contributed by atoms with Crippen molar-refractivity contribution in [3.05, 3.63) is 41.8 Å². The maximum atomic E-state index is 12.9. The number of hydrogen-bond acceptors (Lipinski definition) is 5. The molecule has 1 aromatic heterocycles. The number of aryl methyl sites for hydroxylation is 1. The van der Waals surface area contributed by atoms with Crippen LogP contribution in [0.2, 0.25) is 0 Å². The van der Waals surface area contributed by atoms with Crippen molar-refractivity contribution in [1.29, 1.82) is 0 Å². The lowest BCUT2D eigenvalue weighted by Crippen LogP contribution is -2.28. The first-order valence-electron chi connectivity index (χ1n) is 10.2. The van der Waals surface area contributed by atoms with Gasteiger partial charge in [-0.3, -0.25) is 0 Å². The Labute approximate surface area is 169 Å². The quantitative estimate of drug-likeness (QED) is 0.511.